The third kappa shape index (κ3) is 5.22. The topological polar surface area (TPSA) is 62.2 Å². The second-order valence-corrected chi connectivity index (χ2v) is 8.28. The number of methoxy groups -OCH3 is 2. The summed E-state index contributed by atoms with van der Waals surface area (Å²) < 4.78 is 10.5. The third-order valence-electron chi connectivity index (χ3n) is 6.33. The van der Waals surface area contributed by atoms with Gasteiger partial charge in [-0.25, -0.2) is 0 Å². The average Bonchev–Trinajstić information content (AvgIpc) is 2.76. The van der Waals surface area contributed by atoms with Crippen molar-refractivity contribution in [2.24, 2.45) is 5.41 Å². The molecule has 29 heavy (non-hydrogen) atoms. The molecule has 1 atom stereocenters. The van der Waals surface area contributed by atoms with Crippen molar-refractivity contribution in [1.29, 1.82) is 0 Å². The Kier molecular flexibility index (Phi) is 7.04. The Morgan fingerprint density at radius 2 is 1.66 bits per heavy atom. The van der Waals surface area contributed by atoms with E-state index >= 15 is 0 Å². The molecule has 158 valence electrons. The van der Waals surface area contributed by atoms with Gasteiger partial charge in [-0.2, -0.15) is 0 Å². The first-order valence-electron chi connectivity index (χ1n) is 10.3. The van der Waals surface area contributed by atoms with Gasteiger partial charge in [0.05, 0.1) is 14.2 Å². The summed E-state index contributed by atoms with van der Waals surface area (Å²) >= 11 is 0. The highest BCUT2D eigenvalue weighted by Crippen LogP contribution is 2.36. The Morgan fingerprint density at radius 1 is 1.00 bits per heavy atom. The maximum absolute atomic E-state index is 10.2. The normalized spacial score (nSPS) is 17.7. The summed E-state index contributed by atoms with van der Waals surface area (Å²) in [4.78, 5) is 2.50. The number of piperidine rings is 1. The molecule has 0 aromatic heterocycles. The molecule has 1 unspecified atom stereocenters. The van der Waals surface area contributed by atoms with E-state index in [9.17, 15) is 10.2 Å². The number of hydrogen-bond donors (Lipinski definition) is 2. The van der Waals surface area contributed by atoms with Gasteiger partial charge in [0.1, 0.15) is 5.75 Å². The molecule has 0 saturated carbocycles. The van der Waals surface area contributed by atoms with Gasteiger partial charge in [0.25, 0.3) is 0 Å². The van der Waals surface area contributed by atoms with Gasteiger partial charge in [-0.3, -0.25) is 0 Å². The second-order valence-electron chi connectivity index (χ2n) is 8.28. The molecule has 1 heterocycles. The first-order valence-corrected chi connectivity index (χ1v) is 10.3. The summed E-state index contributed by atoms with van der Waals surface area (Å²) in [7, 11) is 3.25. The molecule has 1 aliphatic rings. The monoisotopic (exact) mass is 399 g/mol. The molecule has 2 N–H and O–H groups in total. The van der Waals surface area contributed by atoms with Crippen LogP contribution in [0.25, 0.3) is 0 Å². The van der Waals surface area contributed by atoms with E-state index in [1.165, 1.54) is 5.56 Å². The summed E-state index contributed by atoms with van der Waals surface area (Å²) in [5.41, 5.74) is 2.36. The van der Waals surface area contributed by atoms with E-state index in [1.54, 1.807) is 20.3 Å². The van der Waals surface area contributed by atoms with Gasteiger partial charge in [0.15, 0.2) is 11.5 Å². The Labute approximate surface area is 173 Å². The molecule has 0 radical (unpaired) electrons. The molecule has 0 aliphatic carbocycles. The lowest BCUT2D eigenvalue weighted by atomic mass is 9.74. The van der Waals surface area contributed by atoms with Crippen molar-refractivity contribution in [1.82, 2.24) is 4.90 Å². The van der Waals surface area contributed by atoms with Gasteiger partial charge in [-0.1, -0.05) is 18.2 Å². The minimum Gasteiger partial charge on any atom is -0.504 e. The van der Waals surface area contributed by atoms with Crippen LogP contribution in [0, 0.1) is 5.41 Å². The second kappa shape index (κ2) is 9.51. The molecule has 2 aromatic carbocycles. The fraction of sp³-hybridized carbons (Fsp3) is 0.500. The van der Waals surface area contributed by atoms with Crippen LogP contribution in [0.5, 0.6) is 17.2 Å². The van der Waals surface area contributed by atoms with Gasteiger partial charge in [-0.05, 0) is 86.5 Å². The van der Waals surface area contributed by atoms with Crippen LogP contribution in [0.4, 0.5) is 0 Å². The largest absolute Gasteiger partial charge is 0.504 e. The molecule has 2 aromatic rings. The molecule has 3 rings (SSSR count). The minimum absolute atomic E-state index is 0.0490. The highest BCUT2D eigenvalue weighted by molar-refractivity contribution is 5.42. The van der Waals surface area contributed by atoms with E-state index < -0.39 is 0 Å². The maximum atomic E-state index is 10.2. The first kappa shape index (κ1) is 21.5. The van der Waals surface area contributed by atoms with Crippen molar-refractivity contribution in [3.05, 3.63) is 53.6 Å². The highest BCUT2D eigenvalue weighted by atomic mass is 16.5. The SMILES string of the molecule is COc1ccc(CC2(CO)CCN(C(C)Cc3ccc(O)c(OC)c3)CC2)cc1. The standard InChI is InChI=1S/C24H33NO4/c1-18(14-20-6-9-22(27)23(15-20)29-3)25-12-10-24(17-26,11-13-25)16-19-4-7-21(28-2)8-5-19/h4-9,15,18,26-27H,10-14,16-17H2,1-3H3. The summed E-state index contributed by atoms with van der Waals surface area (Å²) in [6.45, 7) is 4.42. The number of phenols is 1. The number of aromatic hydroxyl groups is 1. The number of aliphatic hydroxyl groups is 1. The fourth-order valence-electron chi connectivity index (χ4n) is 4.33. The van der Waals surface area contributed by atoms with Crippen LogP contribution >= 0.6 is 0 Å². The summed E-state index contributed by atoms with van der Waals surface area (Å²) in [5, 5.41) is 20.0. The van der Waals surface area contributed by atoms with Crippen molar-refractivity contribution < 1.29 is 19.7 Å². The van der Waals surface area contributed by atoms with E-state index in [-0.39, 0.29) is 17.8 Å². The van der Waals surface area contributed by atoms with Crippen molar-refractivity contribution in [3.63, 3.8) is 0 Å². The van der Waals surface area contributed by atoms with E-state index in [4.69, 9.17) is 9.47 Å². The van der Waals surface area contributed by atoms with Gasteiger partial charge < -0.3 is 24.6 Å². The van der Waals surface area contributed by atoms with Gasteiger partial charge >= 0.3 is 0 Å². The zero-order chi connectivity index (χ0) is 20.9. The number of nitrogens with zero attached hydrogens (tertiary/aromatic N) is 1. The fourth-order valence-corrected chi connectivity index (χ4v) is 4.33. The van der Waals surface area contributed by atoms with Crippen LogP contribution in [0.2, 0.25) is 0 Å². The Bertz CT molecular complexity index is 782. The third-order valence-corrected chi connectivity index (χ3v) is 6.33. The zero-order valence-corrected chi connectivity index (χ0v) is 17.7. The number of likely N-dealkylation sites (tertiary alicyclic amines) is 1. The molecular weight excluding hydrogens is 366 g/mol. The predicted octanol–water partition coefficient (Wildman–Crippen LogP) is 3.66. The lowest BCUT2D eigenvalue weighted by molar-refractivity contribution is 0.0302. The molecular formula is C24H33NO4. The number of rotatable bonds is 8. The molecule has 1 aliphatic heterocycles. The Hall–Kier alpha value is -2.24. The zero-order valence-electron chi connectivity index (χ0n) is 17.7. The number of phenolic OH excluding ortho intramolecular Hbond substituents is 1. The van der Waals surface area contributed by atoms with Crippen molar-refractivity contribution in [2.75, 3.05) is 33.9 Å². The van der Waals surface area contributed by atoms with Crippen molar-refractivity contribution in [3.8, 4) is 17.2 Å². The smallest absolute Gasteiger partial charge is 0.160 e. The molecule has 1 fully saturated rings. The average molecular weight is 400 g/mol. The first-order chi connectivity index (χ1) is 14.0. The lowest BCUT2D eigenvalue weighted by Crippen LogP contribution is -2.47. The van der Waals surface area contributed by atoms with Gasteiger partial charge in [-0.15, -0.1) is 0 Å². The van der Waals surface area contributed by atoms with Crippen molar-refractivity contribution in [2.45, 2.75) is 38.6 Å². The lowest BCUT2D eigenvalue weighted by Gasteiger charge is -2.43. The van der Waals surface area contributed by atoms with Gasteiger partial charge in [0.2, 0.25) is 0 Å². The Balaban J connectivity index is 1.58. The summed E-state index contributed by atoms with van der Waals surface area (Å²) in [6, 6.07) is 14.1. The van der Waals surface area contributed by atoms with E-state index in [1.807, 2.05) is 24.3 Å². The molecule has 5 heteroatoms. The number of aliphatic hydroxyl groups excluding tert-OH is 1. The Morgan fingerprint density at radius 3 is 2.24 bits per heavy atom. The maximum Gasteiger partial charge on any atom is 0.160 e. The molecule has 0 spiro atoms. The summed E-state index contributed by atoms with van der Waals surface area (Å²) in [6.07, 6.45) is 3.77. The van der Waals surface area contributed by atoms with E-state index in [2.05, 4.69) is 24.0 Å². The van der Waals surface area contributed by atoms with E-state index in [0.717, 1.165) is 50.1 Å². The molecule has 1 saturated heterocycles. The minimum atomic E-state index is -0.0490. The van der Waals surface area contributed by atoms with Crippen LogP contribution < -0.4 is 9.47 Å². The van der Waals surface area contributed by atoms with E-state index in [0.29, 0.717) is 11.8 Å². The number of ether oxygens (including phenoxy) is 2. The molecule has 0 amide bonds. The quantitative estimate of drug-likeness (QED) is 0.709. The van der Waals surface area contributed by atoms with Crippen LogP contribution in [-0.4, -0.2) is 55.1 Å². The van der Waals surface area contributed by atoms with Crippen LogP contribution in [0.15, 0.2) is 42.5 Å². The predicted molar refractivity (Wildman–Crippen MR) is 115 cm³/mol. The van der Waals surface area contributed by atoms with Crippen LogP contribution in [-0.2, 0) is 12.8 Å². The number of benzene rings is 2. The van der Waals surface area contributed by atoms with Crippen LogP contribution in [0.1, 0.15) is 30.9 Å². The highest BCUT2D eigenvalue weighted by Gasteiger charge is 2.35. The van der Waals surface area contributed by atoms with Crippen molar-refractivity contribution >= 4 is 0 Å². The summed E-state index contributed by atoms with van der Waals surface area (Å²) in [5.74, 6) is 1.56. The molecule has 5 nitrogen and oxygen atoms in total. The number of hydrogen-bond acceptors (Lipinski definition) is 5. The molecule has 0 bridgehead atoms. The van der Waals surface area contributed by atoms with Crippen LogP contribution in [0.3, 0.4) is 0 Å². The van der Waals surface area contributed by atoms with Gasteiger partial charge in [0, 0.05) is 12.6 Å².